The third kappa shape index (κ3) is 5.62. The first kappa shape index (κ1) is 19.5. The molecule has 0 saturated carbocycles. The van der Waals surface area contributed by atoms with E-state index in [1.54, 1.807) is 31.2 Å². The van der Waals surface area contributed by atoms with Crippen molar-refractivity contribution in [3.05, 3.63) is 59.7 Å². The minimum absolute atomic E-state index is 0.101. The Hall–Kier alpha value is -2.82. The van der Waals surface area contributed by atoms with Crippen LogP contribution in [-0.2, 0) is 4.79 Å². The van der Waals surface area contributed by atoms with E-state index in [9.17, 15) is 9.59 Å². The molecule has 2 aromatic rings. The van der Waals surface area contributed by atoms with Crippen molar-refractivity contribution in [2.45, 2.75) is 46.3 Å². The monoisotopic (exact) mass is 354 g/mol. The van der Waals surface area contributed by atoms with Crippen molar-refractivity contribution in [1.29, 1.82) is 0 Å². The summed E-state index contributed by atoms with van der Waals surface area (Å²) < 4.78 is 5.66. The van der Waals surface area contributed by atoms with E-state index in [1.165, 1.54) is 0 Å². The van der Waals surface area contributed by atoms with Gasteiger partial charge in [-0.2, -0.15) is 0 Å². The van der Waals surface area contributed by atoms with E-state index in [1.807, 2.05) is 45.0 Å². The summed E-state index contributed by atoms with van der Waals surface area (Å²) >= 11 is 0. The highest BCUT2D eigenvalue weighted by atomic mass is 16.5. The fraction of sp³-hybridized carbons (Fsp3) is 0.333. The molecule has 0 saturated heterocycles. The van der Waals surface area contributed by atoms with E-state index >= 15 is 0 Å². The molecule has 0 fully saturated rings. The quantitative estimate of drug-likeness (QED) is 0.792. The molecule has 0 aliphatic rings. The average Bonchev–Trinajstić information content (AvgIpc) is 2.63. The van der Waals surface area contributed by atoms with Gasteiger partial charge in [0.25, 0.3) is 11.8 Å². The number of nitrogens with one attached hydrogen (secondary N) is 2. The molecule has 5 nitrogen and oxygen atoms in total. The van der Waals surface area contributed by atoms with Crippen molar-refractivity contribution in [2.75, 3.05) is 5.32 Å². The standard InChI is InChI=1S/C21H26N2O3/c1-5-15(3)22-21(25)17-7-6-8-18(13-17)23-20(24)16(4)26-19-11-9-14(2)10-12-19/h6-13,15-16H,5H2,1-4H3,(H,22,25)(H,23,24). The summed E-state index contributed by atoms with van der Waals surface area (Å²) in [4.78, 5) is 24.6. The number of carbonyl (C=O) groups excluding carboxylic acids is 2. The Kier molecular flexibility index (Phi) is 6.78. The molecule has 26 heavy (non-hydrogen) atoms. The molecule has 2 unspecified atom stereocenters. The molecular formula is C21H26N2O3. The van der Waals surface area contributed by atoms with Crippen molar-refractivity contribution in [3.63, 3.8) is 0 Å². The van der Waals surface area contributed by atoms with E-state index in [0.717, 1.165) is 12.0 Å². The fourth-order valence-corrected chi connectivity index (χ4v) is 2.27. The van der Waals surface area contributed by atoms with Gasteiger partial charge in [-0.3, -0.25) is 9.59 Å². The lowest BCUT2D eigenvalue weighted by atomic mass is 10.1. The van der Waals surface area contributed by atoms with Crippen LogP contribution in [-0.4, -0.2) is 24.0 Å². The van der Waals surface area contributed by atoms with Gasteiger partial charge in [-0.15, -0.1) is 0 Å². The minimum atomic E-state index is -0.657. The highest BCUT2D eigenvalue weighted by Gasteiger charge is 2.16. The zero-order valence-corrected chi connectivity index (χ0v) is 15.7. The summed E-state index contributed by atoms with van der Waals surface area (Å²) in [5.41, 5.74) is 2.20. The first-order valence-electron chi connectivity index (χ1n) is 8.84. The van der Waals surface area contributed by atoms with E-state index in [0.29, 0.717) is 17.0 Å². The lowest BCUT2D eigenvalue weighted by molar-refractivity contribution is -0.122. The number of rotatable bonds is 7. The Morgan fingerprint density at radius 2 is 1.77 bits per heavy atom. The van der Waals surface area contributed by atoms with Gasteiger partial charge < -0.3 is 15.4 Å². The zero-order valence-electron chi connectivity index (χ0n) is 15.7. The van der Waals surface area contributed by atoms with Crippen LogP contribution >= 0.6 is 0 Å². The smallest absolute Gasteiger partial charge is 0.265 e. The molecule has 138 valence electrons. The number of aryl methyl sites for hydroxylation is 1. The molecule has 2 amide bonds. The third-order valence-electron chi connectivity index (χ3n) is 4.09. The third-order valence-corrected chi connectivity index (χ3v) is 4.09. The minimum Gasteiger partial charge on any atom is -0.481 e. The molecule has 0 aliphatic heterocycles. The Labute approximate surface area is 154 Å². The van der Waals surface area contributed by atoms with E-state index in [-0.39, 0.29) is 17.9 Å². The van der Waals surface area contributed by atoms with Crippen molar-refractivity contribution < 1.29 is 14.3 Å². The number of hydrogen-bond acceptors (Lipinski definition) is 3. The number of carbonyl (C=O) groups is 2. The molecule has 2 aromatic carbocycles. The molecule has 5 heteroatoms. The van der Waals surface area contributed by atoms with Gasteiger partial charge in [0, 0.05) is 17.3 Å². The molecule has 2 N–H and O–H groups in total. The van der Waals surface area contributed by atoms with Crippen LogP contribution in [0.4, 0.5) is 5.69 Å². The maximum Gasteiger partial charge on any atom is 0.265 e. The van der Waals surface area contributed by atoms with Gasteiger partial charge in [0.05, 0.1) is 0 Å². The van der Waals surface area contributed by atoms with Gasteiger partial charge >= 0.3 is 0 Å². The Balaban J connectivity index is 1.98. The zero-order chi connectivity index (χ0) is 19.1. The number of benzene rings is 2. The average molecular weight is 354 g/mol. The lowest BCUT2D eigenvalue weighted by Crippen LogP contribution is -2.32. The maximum absolute atomic E-state index is 12.4. The van der Waals surface area contributed by atoms with Crippen LogP contribution in [0.25, 0.3) is 0 Å². The summed E-state index contributed by atoms with van der Waals surface area (Å²) in [6.45, 7) is 7.64. The van der Waals surface area contributed by atoms with Crippen LogP contribution in [0.5, 0.6) is 5.75 Å². The van der Waals surface area contributed by atoms with Crippen molar-refractivity contribution in [2.24, 2.45) is 0 Å². The van der Waals surface area contributed by atoms with Crippen LogP contribution in [0.3, 0.4) is 0 Å². The molecule has 2 rings (SSSR count). The van der Waals surface area contributed by atoms with Crippen LogP contribution in [0.15, 0.2) is 48.5 Å². The van der Waals surface area contributed by atoms with E-state index in [2.05, 4.69) is 10.6 Å². The van der Waals surface area contributed by atoms with Crippen LogP contribution in [0.1, 0.15) is 43.1 Å². The summed E-state index contributed by atoms with van der Waals surface area (Å²) in [5.74, 6) is 0.212. The van der Waals surface area contributed by atoms with Crippen LogP contribution in [0.2, 0.25) is 0 Å². The maximum atomic E-state index is 12.4. The molecule has 0 bridgehead atoms. The largest absolute Gasteiger partial charge is 0.481 e. The Bertz CT molecular complexity index is 756. The fourth-order valence-electron chi connectivity index (χ4n) is 2.27. The topological polar surface area (TPSA) is 67.4 Å². The van der Waals surface area contributed by atoms with Crippen LogP contribution in [0, 0.1) is 6.92 Å². The van der Waals surface area contributed by atoms with Crippen molar-refractivity contribution in [3.8, 4) is 5.75 Å². The molecule has 0 aromatic heterocycles. The van der Waals surface area contributed by atoms with Crippen molar-refractivity contribution in [1.82, 2.24) is 5.32 Å². The lowest BCUT2D eigenvalue weighted by Gasteiger charge is -2.16. The van der Waals surface area contributed by atoms with Gasteiger partial charge in [-0.1, -0.05) is 30.7 Å². The normalized spacial score (nSPS) is 12.8. The molecule has 0 radical (unpaired) electrons. The number of ether oxygens (including phenoxy) is 1. The van der Waals surface area contributed by atoms with Gasteiger partial charge in [-0.05, 0) is 57.5 Å². The predicted molar refractivity (Wildman–Crippen MR) is 104 cm³/mol. The highest BCUT2D eigenvalue weighted by molar-refractivity contribution is 5.98. The predicted octanol–water partition coefficient (Wildman–Crippen LogP) is 3.93. The van der Waals surface area contributed by atoms with Gasteiger partial charge in [0.15, 0.2) is 6.10 Å². The highest BCUT2D eigenvalue weighted by Crippen LogP contribution is 2.15. The first-order valence-corrected chi connectivity index (χ1v) is 8.84. The summed E-state index contributed by atoms with van der Waals surface area (Å²) in [6, 6.07) is 14.5. The van der Waals surface area contributed by atoms with Crippen LogP contribution < -0.4 is 15.4 Å². The molecule has 0 spiro atoms. The van der Waals surface area contributed by atoms with Gasteiger partial charge in [0.1, 0.15) is 5.75 Å². The second-order valence-electron chi connectivity index (χ2n) is 6.43. The van der Waals surface area contributed by atoms with Crippen molar-refractivity contribution >= 4 is 17.5 Å². The SMILES string of the molecule is CCC(C)NC(=O)c1cccc(NC(=O)C(C)Oc2ccc(C)cc2)c1. The summed E-state index contributed by atoms with van der Waals surface area (Å²) in [5, 5.41) is 5.70. The molecular weight excluding hydrogens is 328 g/mol. The Morgan fingerprint density at radius 3 is 2.42 bits per heavy atom. The summed E-state index contributed by atoms with van der Waals surface area (Å²) in [7, 11) is 0. The van der Waals surface area contributed by atoms with E-state index < -0.39 is 6.10 Å². The van der Waals surface area contributed by atoms with Gasteiger partial charge in [0.2, 0.25) is 0 Å². The second kappa shape index (κ2) is 9.04. The first-order chi connectivity index (χ1) is 12.4. The number of hydrogen-bond donors (Lipinski definition) is 2. The Morgan fingerprint density at radius 1 is 1.08 bits per heavy atom. The molecule has 0 heterocycles. The molecule has 2 atom stereocenters. The summed E-state index contributed by atoms with van der Waals surface area (Å²) in [6.07, 6.45) is 0.200. The van der Waals surface area contributed by atoms with E-state index in [4.69, 9.17) is 4.74 Å². The van der Waals surface area contributed by atoms with Gasteiger partial charge in [-0.25, -0.2) is 0 Å². The number of amides is 2. The molecule has 0 aliphatic carbocycles. The number of anilines is 1. The second-order valence-corrected chi connectivity index (χ2v) is 6.43.